The van der Waals surface area contributed by atoms with Crippen LogP contribution in [0, 0.1) is 0 Å². The zero-order valence-electron chi connectivity index (χ0n) is 12.3. The SMILES string of the molecule is Cn1c(=O)[nH]c(=O)c2nc(/C=C(\O)c3ccc(Br)cc3)c(=O)[nH]c21. The normalized spacial score (nSPS) is 11.8. The van der Waals surface area contributed by atoms with Crippen molar-refractivity contribution in [2.24, 2.45) is 7.05 Å². The van der Waals surface area contributed by atoms with Crippen molar-refractivity contribution in [2.75, 3.05) is 0 Å². The smallest absolute Gasteiger partial charge is 0.329 e. The van der Waals surface area contributed by atoms with Gasteiger partial charge in [0.1, 0.15) is 17.1 Å². The van der Waals surface area contributed by atoms with E-state index in [9.17, 15) is 19.5 Å². The molecule has 2 aromatic heterocycles. The van der Waals surface area contributed by atoms with Crippen molar-refractivity contribution < 1.29 is 5.11 Å². The Hall–Kier alpha value is -2.94. The maximum Gasteiger partial charge on any atom is 0.329 e. The van der Waals surface area contributed by atoms with Crippen LogP contribution in [0.3, 0.4) is 0 Å². The molecule has 0 saturated carbocycles. The van der Waals surface area contributed by atoms with Crippen LogP contribution in [0.4, 0.5) is 0 Å². The highest BCUT2D eigenvalue weighted by Gasteiger charge is 2.11. The number of aromatic amines is 2. The molecule has 9 heteroatoms. The molecule has 0 aliphatic heterocycles. The van der Waals surface area contributed by atoms with Gasteiger partial charge in [-0.05, 0) is 12.1 Å². The van der Waals surface area contributed by atoms with Gasteiger partial charge in [0.2, 0.25) is 0 Å². The van der Waals surface area contributed by atoms with Crippen molar-refractivity contribution >= 4 is 38.9 Å². The molecule has 0 fully saturated rings. The summed E-state index contributed by atoms with van der Waals surface area (Å²) in [6, 6.07) is 6.78. The molecule has 0 aliphatic rings. The number of hydrogen-bond donors (Lipinski definition) is 3. The standard InChI is InChI=1S/C15H11BrN4O4/c1-20-12-11(14(23)19-15(20)24)17-9(13(22)18-12)6-10(21)7-2-4-8(16)5-3-7/h2-6,21H,1H3,(H,18,22)(H,19,23,24)/b10-6-. The molecule has 122 valence electrons. The number of aryl methyl sites for hydroxylation is 1. The van der Waals surface area contributed by atoms with E-state index in [1.54, 1.807) is 24.3 Å². The number of aromatic nitrogens is 4. The van der Waals surface area contributed by atoms with Gasteiger partial charge in [-0.1, -0.05) is 28.1 Å². The van der Waals surface area contributed by atoms with Gasteiger partial charge in [-0.3, -0.25) is 19.1 Å². The van der Waals surface area contributed by atoms with Crippen molar-refractivity contribution in [2.45, 2.75) is 0 Å². The quantitative estimate of drug-likeness (QED) is 0.566. The van der Waals surface area contributed by atoms with Crippen LogP contribution < -0.4 is 16.8 Å². The Morgan fingerprint density at radius 3 is 2.50 bits per heavy atom. The van der Waals surface area contributed by atoms with E-state index in [1.807, 2.05) is 0 Å². The summed E-state index contributed by atoms with van der Waals surface area (Å²) < 4.78 is 1.92. The van der Waals surface area contributed by atoms with Crippen LogP contribution in [-0.4, -0.2) is 24.6 Å². The third kappa shape index (κ3) is 2.81. The molecule has 0 bridgehead atoms. The minimum Gasteiger partial charge on any atom is -0.507 e. The number of rotatable bonds is 2. The van der Waals surface area contributed by atoms with Crippen molar-refractivity contribution in [3.63, 3.8) is 0 Å². The summed E-state index contributed by atoms with van der Waals surface area (Å²) in [5.74, 6) is -0.180. The van der Waals surface area contributed by atoms with Crippen LogP contribution >= 0.6 is 15.9 Å². The Bertz CT molecular complexity index is 1140. The number of hydrogen-bond acceptors (Lipinski definition) is 5. The number of nitrogens with zero attached hydrogens (tertiary/aromatic N) is 2. The van der Waals surface area contributed by atoms with Crippen molar-refractivity contribution in [3.05, 3.63) is 71.2 Å². The van der Waals surface area contributed by atoms with Gasteiger partial charge < -0.3 is 10.1 Å². The highest BCUT2D eigenvalue weighted by Crippen LogP contribution is 2.17. The molecule has 0 amide bonds. The van der Waals surface area contributed by atoms with Gasteiger partial charge >= 0.3 is 5.69 Å². The average Bonchev–Trinajstić information content (AvgIpc) is 2.54. The first-order chi connectivity index (χ1) is 11.4. The average molecular weight is 391 g/mol. The highest BCUT2D eigenvalue weighted by molar-refractivity contribution is 9.10. The third-order valence-electron chi connectivity index (χ3n) is 3.41. The van der Waals surface area contributed by atoms with Gasteiger partial charge in [0.25, 0.3) is 11.1 Å². The fraction of sp³-hybridized carbons (Fsp3) is 0.0667. The maximum atomic E-state index is 12.1. The van der Waals surface area contributed by atoms with Gasteiger partial charge in [0.05, 0.1) is 0 Å². The largest absolute Gasteiger partial charge is 0.507 e. The van der Waals surface area contributed by atoms with E-state index in [2.05, 4.69) is 30.9 Å². The zero-order valence-corrected chi connectivity index (χ0v) is 13.9. The monoisotopic (exact) mass is 390 g/mol. The summed E-state index contributed by atoms with van der Waals surface area (Å²) in [6.07, 6.45) is 1.16. The van der Waals surface area contributed by atoms with Gasteiger partial charge in [-0.15, -0.1) is 0 Å². The zero-order chi connectivity index (χ0) is 17.4. The molecule has 2 heterocycles. The van der Waals surface area contributed by atoms with Crippen molar-refractivity contribution in [3.8, 4) is 0 Å². The molecule has 1 aromatic carbocycles. The number of halogens is 1. The van der Waals surface area contributed by atoms with Gasteiger partial charge in [-0.25, -0.2) is 9.78 Å². The molecular formula is C15H11BrN4O4. The topological polar surface area (TPSA) is 121 Å². The summed E-state index contributed by atoms with van der Waals surface area (Å²) in [4.78, 5) is 44.0. The lowest BCUT2D eigenvalue weighted by molar-refractivity contribution is 0.515. The predicted octanol–water partition coefficient (Wildman–Crippen LogP) is 1.13. The summed E-state index contributed by atoms with van der Waals surface area (Å²) in [5, 5.41) is 10.1. The molecule has 8 nitrogen and oxygen atoms in total. The second-order valence-electron chi connectivity index (χ2n) is 5.00. The van der Waals surface area contributed by atoms with Crippen molar-refractivity contribution in [1.82, 2.24) is 19.5 Å². The highest BCUT2D eigenvalue weighted by atomic mass is 79.9. The van der Waals surface area contributed by atoms with Crippen LogP contribution in [0.1, 0.15) is 11.3 Å². The summed E-state index contributed by atoms with van der Waals surface area (Å²) in [6.45, 7) is 0. The van der Waals surface area contributed by atoms with Crippen LogP contribution in [0.25, 0.3) is 23.0 Å². The van der Waals surface area contributed by atoms with E-state index in [1.165, 1.54) is 7.05 Å². The maximum absolute atomic E-state index is 12.1. The van der Waals surface area contributed by atoms with E-state index in [-0.39, 0.29) is 22.6 Å². The first-order valence-corrected chi connectivity index (χ1v) is 7.56. The van der Waals surface area contributed by atoms with E-state index < -0.39 is 16.8 Å². The third-order valence-corrected chi connectivity index (χ3v) is 3.94. The Balaban J connectivity index is 2.20. The van der Waals surface area contributed by atoms with E-state index >= 15 is 0 Å². The lowest BCUT2D eigenvalue weighted by atomic mass is 10.1. The van der Waals surface area contributed by atoms with E-state index in [0.717, 1.165) is 15.1 Å². The number of aliphatic hydroxyl groups is 1. The Kier molecular flexibility index (Phi) is 3.94. The van der Waals surface area contributed by atoms with Crippen LogP contribution in [0.2, 0.25) is 0 Å². The molecule has 0 aliphatic carbocycles. The van der Waals surface area contributed by atoms with Gasteiger partial charge in [0.15, 0.2) is 5.52 Å². The second-order valence-corrected chi connectivity index (χ2v) is 5.92. The van der Waals surface area contributed by atoms with E-state index in [0.29, 0.717) is 5.56 Å². The first kappa shape index (κ1) is 15.9. The minimum absolute atomic E-state index is 0.00836. The Labute approximate surface area is 142 Å². The lowest BCUT2D eigenvalue weighted by Crippen LogP contribution is -2.31. The van der Waals surface area contributed by atoms with E-state index in [4.69, 9.17) is 0 Å². The van der Waals surface area contributed by atoms with Gasteiger partial charge in [0, 0.05) is 23.2 Å². The second kappa shape index (κ2) is 5.93. The molecule has 0 radical (unpaired) electrons. The molecular weight excluding hydrogens is 380 g/mol. The molecule has 3 N–H and O–H groups in total. The summed E-state index contributed by atoms with van der Waals surface area (Å²) in [5.41, 5.74) is -1.78. The Morgan fingerprint density at radius 1 is 1.17 bits per heavy atom. The van der Waals surface area contributed by atoms with Crippen molar-refractivity contribution in [1.29, 1.82) is 0 Å². The van der Waals surface area contributed by atoms with Crippen LogP contribution in [0.15, 0.2) is 43.1 Å². The fourth-order valence-electron chi connectivity index (χ4n) is 2.13. The minimum atomic E-state index is -0.720. The fourth-order valence-corrected chi connectivity index (χ4v) is 2.39. The first-order valence-electron chi connectivity index (χ1n) is 6.77. The van der Waals surface area contributed by atoms with Crippen LogP contribution in [0.5, 0.6) is 0 Å². The molecule has 3 rings (SSSR count). The van der Waals surface area contributed by atoms with Crippen LogP contribution in [-0.2, 0) is 7.05 Å². The summed E-state index contributed by atoms with van der Waals surface area (Å²) >= 11 is 3.29. The number of H-pyrrole nitrogens is 2. The van der Waals surface area contributed by atoms with Gasteiger partial charge in [-0.2, -0.15) is 0 Å². The molecule has 3 aromatic rings. The predicted molar refractivity (Wildman–Crippen MR) is 92.9 cm³/mol. The number of nitrogens with one attached hydrogen (secondary N) is 2. The number of benzene rings is 1. The number of aliphatic hydroxyl groups excluding tert-OH is 1. The molecule has 24 heavy (non-hydrogen) atoms. The Morgan fingerprint density at radius 2 is 1.83 bits per heavy atom. The molecule has 0 atom stereocenters. The molecule has 0 spiro atoms. The molecule has 0 saturated heterocycles. The molecule has 0 unspecified atom stereocenters. The lowest BCUT2D eigenvalue weighted by Gasteiger charge is -2.04. The summed E-state index contributed by atoms with van der Waals surface area (Å²) in [7, 11) is 1.40. The number of fused-ring (bicyclic) bond motifs is 1.